The number of urea groups is 1. The second-order valence-electron chi connectivity index (χ2n) is 9.16. The fourth-order valence-electron chi connectivity index (χ4n) is 4.60. The van der Waals surface area contributed by atoms with Crippen molar-refractivity contribution >= 4 is 29.2 Å². The van der Waals surface area contributed by atoms with Gasteiger partial charge in [-0.05, 0) is 60.9 Å². The van der Waals surface area contributed by atoms with Crippen molar-refractivity contribution in [2.75, 3.05) is 5.32 Å². The van der Waals surface area contributed by atoms with Crippen molar-refractivity contribution in [3.63, 3.8) is 0 Å². The van der Waals surface area contributed by atoms with Crippen LogP contribution in [-0.4, -0.2) is 23.0 Å². The molecular weight excluding hydrogens is 524 g/mol. The molecule has 4 rings (SSSR count). The summed E-state index contributed by atoms with van der Waals surface area (Å²) in [6, 6.07) is 12.3. The number of nitrogens with one attached hydrogen (secondary N) is 3. The molecule has 0 bridgehead atoms. The fraction of sp³-hybridized carbons (Fsp3) is 0.296. The number of aromatic nitrogens is 1. The van der Waals surface area contributed by atoms with Crippen LogP contribution >= 0.6 is 11.6 Å². The minimum Gasteiger partial charge on any atom is -0.335 e. The standard InChI is InChI=1S/C27H25ClF4N4O2/c28-19-10-11-23(33-16-19)26(36-25(38)35-22-8-4-5-9-22,15-24(37)34-21-6-2-1-3-7-21)17-12-18(27(30,31)32)14-20(29)13-17/h1-3,6-7,10-14,16,22H,4-5,8-9,15H2,(H,34,37)(H2,35,36,38). The number of rotatable bonds is 7. The average Bonchev–Trinajstić information content (AvgIpc) is 3.36. The van der Waals surface area contributed by atoms with Crippen LogP contribution < -0.4 is 16.0 Å². The summed E-state index contributed by atoms with van der Waals surface area (Å²) in [5.41, 5.74) is -3.11. The molecule has 1 aliphatic carbocycles. The number of anilines is 1. The van der Waals surface area contributed by atoms with Crippen LogP contribution in [0, 0.1) is 5.82 Å². The van der Waals surface area contributed by atoms with Crippen LogP contribution in [0.15, 0.2) is 66.9 Å². The summed E-state index contributed by atoms with van der Waals surface area (Å²) in [5, 5.41) is 8.39. The van der Waals surface area contributed by atoms with Gasteiger partial charge in [0.05, 0.1) is 22.7 Å². The van der Waals surface area contributed by atoms with Gasteiger partial charge in [-0.3, -0.25) is 9.78 Å². The highest BCUT2D eigenvalue weighted by atomic mass is 35.5. The predicted molar refractivity (Wildman–Crippen MR) is 135 cm³/mol. The molecule has 0 radical (unpaired) electrons. The van der Waals surface area contributed by atoms with Gasteiger partial charge in [0.1, 0.15) is 11.4 Å². The number of pyridine rings is 1. The van der Waals surface area contributed by atoms with Crippen LogP contribution in [0.5, 0.6) is 0 Å². The Balaban J connectivity index is 1.83. The van der Waals surface area contributed by atoms with Crippen molar-refractivity contribution in [1.82, 2.24) is 15.6 Å². The van der Waals surface area contributed by atoms with Gasteiger partial charge in [-0.15, -0.1) is 0 Å². The fourth-order valence-corrected chi connectivity index (χ4v) is 4.71. The monoisotopic (exact) mass is 548 g/mol. The highest BCUT2D eigenvalue weighted by Crippen LogP contribution is 2.38. The van der Waals surface area contributed by atoms with Gasteiger partial charge < -0.3 is 16.0 Å². The zero-order valence-electron chi connectivity index (χ0n) is 20.1. The molecule has 3 N–H and O–H groups in total. The molecule has 1 unspecified atom stereocenters. The Morgan fingerprint density at radius 1 is 0.974 bits per heavy atom. The number of alkyl halides is 3. The van der Waals surface area contributed by atoms with Crippen molar-refractivity contribution < 1.29 is 27.2 Å². The lowest BCUT2D eigenvalue weighted by Gasteiger charge is -2.35. The minimum atomic E-state index is -4.88. The minimum absolute atomic E-state index is 0.00501. The van der Waals surface area contributed by atoms with E-state index in [2.05, 4.69) is 20.9 Å². The molecule has 0 saturated heterocycles. The third-order valence-corrected chi connectivity index (χ3v) is 6.61. The van der Waals surface area contributed by atoms with Gasteiger partial charge in [-0.1, -0.05) is 42.6 Å². The number of halogens is 5. The number of carbonyl (C=O) groups is 2. The Hall–Kier alpha value is -3.66. The Morgan fingerprint density at radius 2 is 1.66 bits per heavy atom. The van der Waals surface area contributed by atoms with Crippen molar-refractivity contribution in [1.29, 1.82) is 0 Å². The first-order valence-corrected chi connectivity index (χ1v) is 12.4. The molecule has 200 valence electrons. The molecule has 1 fully saturated rings. The molecule has 1 aromatic heterocycles. The summed E-state index contributed by atoms with van der Waals surface area (Å²) in [6.45, 7) is 0. The number of para-hydroxylation sites is 1. The molecular formula is C27H25ClF4N4O2. The number of hydrogen-bond acceptors (Lipinski definition) is 3. The first-order valence-electron chi connectivity index (χ1n) is 12.0. The van der Waals surface area contributed by atoms with Crippen molar-refractivity contribution in [2.45, 2.75) is 49.9 Å². The number of carbonyl (C=O) groups excluding carboxylic acids is 2. The summed E-state index contributed by atoms with van der Waals surface area (Å²) in [6.07, 6.45) is -0.899. The number of benzene rings is 2. The number of amides is 3. The lowest BCUT2D eigenvalue weighted by Crippen LogP contribution is -2.54. The predicted octanol–water partition coefficient (Wildman–Crippen LogP) is 6.41. The normalized spacial score (nSPS) is 15.5. The number of hydrogen-bond donors (Lipinski definition) is 3. The van der Waals surface area contributed by atoms with Gasteiger partial charge in [-0.2, -0.15) is 13.2 Å². The van der Waals surface area contributed by atoms with Crippen LogP contribution in [0.25, 0.3) is 0 Å². The quantitative estimate of drug-likeness (QED) is 0.298. The SMILES string of the molecule is O=C(CC(NC(=O)NC1CCCC1)(c1cc(F)cc(C(F)(F)F)c1)c1ccc(Cl)cn1)Nc1ccccc1. The molecule has 6 nitrogen and oxygen atoms in total. The van der Waals surface area contributed by atoms with Crippen molar-refractivity contribution in [3.05, 3.63) is 94.5 Å². The first-order chi connectivity index (χ1) is 18.0. The van der Waals surface area contributed by atoms with Crippen LogP contribution in [0.2, 0.25) is 5.02 Å². The van der Waals surface area contributed by atoms with E-state index in [0.717, 1.165) is 31.7 Å². The van der Waals surface area contributed by atoms with Gasteiger partial charge in [-0.25, -0.2) is 9.18 Å². The highest BCUT2D eigenvalue weighted by molar-refractivity contribution is 6.30. The lowest BCUT2D eigenvalue weighted by molar-refractivity contribution is -0.137. The molecule has 38 heavy (non-hydrogen) atoms. The van der Waals surface area contributed by atoms with E-state index in [1.165, 1.54) is 18.3 Å². The molecule has 11 heteroatoms. The van der Waals surface area contributed by atoms with Gasteiger partial charge in [0.15, 0.2) is 0 Å². The maximum atomic E-state index is 14.6. The van der Waals surface area contributed by atoms with Gasteiger partial charge in [0.2, 0.25) is 5.91 Å². The largest absolute Gasteiger partial charge is 0.416 e. The van der Waals surface area contributed by atoms with E-state index in [4.69, 9.17) is 11.6 Å². The van der Waals surface area contributed by atoms with Gasteiger partial charge >= 0.3 is 12.2 Å². The van der Waals surface area contributed by atoms with E-state index < -0.39 is 41.5 Å². The average molecular weight is 549 g/mol. The Morgan fingerprint density at radius 3 is 2.29 bits per heavy atom. The third-order valence-electron chi connectivity index (χ3n) is 6.38. The second kappa shape index (κ2) is 11.4. The van der Waals surface area contributed by atoms with Crippen molar-refractivity contribution in [3.8, 4) is 0 Å². The van der Waals surface area contributed by atoms with Gasteiger partial charge in [0, 0.05) is 17.9 Å². The molecule has 1 atom stereocenters. The maximum absolute atomic E-state index is 14.6. The molecule has 0 aliphatic heterocycles. The van der Waals surface area contributed by atoms with Crippen LogP contribution in [-0.2, 0) is 16.5 Å². The third kappa shape index (κ3) is 6.61. The van der Waals surface area contributed by atoms with Crippen LogP contribution in [0.4, 0.5) is 28.0 Å². The molecule has 0 spiro atoms. The zero-order valence-corrected chi connectivity index (χ0v) is 20.9. The van der Waals surface area contributed by atoms with E-state index >= 15 is 0 Å². The van der Waals surface area contributed by atoms with E-state index in [9.17, 15) is 27.2 Å². The van der Waals surface area contributed by atoms with E-state index in [1.807, 2.05) is 0 Å². The summed E-state index contributed by atoms with van der Waals surface area (Å²) in [4.78, 5) is 30.7. The van der Waals surface area contributed by atoms with Crippen LogP contribution in [0.1, 0.15) is 48.9 Å². The molecule has 1 aliphatic rings. The van der Waals surface area contributed by atoms with E-state index in [1.54, 1.807) is 30.3 Å². The summed E-state index contributed by atoms with van der Waals surface area (Å²) < 4.78 is 55.7. The summed E-state index contributed by atoms with van der Waals surface area (Å²) in [5.74, 6) is -1.83. The molecule has 1 heterocycles. The Bertz CT molecular complexity index is 1280. The summed E-state index contributed by atoms with van der Waals surface area (Å²) in [7, 11) is 0. The Kier molecular flexibility index (Phi) is 8.20. The topological polar surface area (TPSA) is 83.1 Å². The molecule has 3 amide bonds. The highest BCUT2D eigenvalue weighted by Gasteiger charge is 2.42. The zero-order chi connectivity index (χ0) is 27.3. The van der Waals surface area contributed by atoms with Gasteiger partial charge in [0.25, 0.3) is 0 Å². The molecule has 2 aromatic carbocycles. The summed E-state index contributed by atoms with van der Waals surface area (Å²) >= 11 is 6.00. The molecule has 3 aromatic rings. The lowest BCUT2D eigenvalue weighted by atomic mass is 9.81. The molecule has 1 saturated carbocycles. The van der Waals surface area contributed by atoms with Crippen molar-refractivity contribution in [2.24, 2.45) is 0 Å². The van der Waals surface area contributed by atoms with Crippen LogP contribution in [0.3, 0.4) is 0 Å². The first kappa shape index (κ1) is 27.4. The smallest absolute Gasteiger partial charge is 0.335 e. The maximum Gasteiger partial charge on any atom is 0.416 e. The number of nitrogens with zero attached hydrogens (tertiary/aromatic N) is 1. The second-order valence-corrected chi connectivity index (χ2v) is 9.60. The Labute approximate surface area is 221 Å². The van der Waals surface area contributed by atoms with E-state index in [-0.39, 0.29) is 22.3 Å². The van der Waals surface area contributed by atoms with E-state index in [0.29, 0.717) is 17.8 Å².